The van der Waals surface area contributed by atoms with Gasteiger partial charge < -0.3 is 5.11 Å². The molecule has 0 N–H and O–H groups in total. The predicted octanol–water partition coefficient (Wildman–Crippen LogP) is 17.3. The van der Waals surface area contributed by atoms with Crippen molar-refractivity contribution in [3.05, 3.63) is 173 Å². The van der Waals surface area contributed by atoms with Crippen LogP contribution in [-0.2, 0) is 21.7 Å². The molecular formula is C72H75NO. The van der Waals surface area contributed by atoms with Gasteiger partial charge in [0.25, 0.3) is 0 Å². The third kappa shape index (κ3) is 8.46. The second-order valence-corrected chi connectivity index (χ2v) is 26.9. The Hall–Kier alpha value is -6.17. The van der Waals surface area contributed by atoms with Gasteiger partial charge in [-0.1, -0.05) is 138 Å². The van der Waals surface area contributed by atoms with Gasteiger partial charge in [0.15, 0.2) is 0 Å². The number of rotatable bonds is 8. The molecule has 1 heterocycles. The lowest BCUT2D eigenvalue weighted by atomic mass is 9.48. The van der Waals surface area contributed by atoms with Crippen LogP contribution in [0.3, 0.4) is 0 Å². The van der Waals surface area contributed by atoms with E-state index in [-0.39, 0.29) is 16.6 Å². The fraction of sp³-hybridized carbons (Fsp3) is 0.403. The number of benzene rings is 6. The van der Waals surface area contributed by atoms with Gasteiger partial charge in [0.05, 0.1) is 0 Å². The van der Waals surface area contributed by atoms with Crippen LogP contribution < -0.4 is 9.67 Å². The van der Waals surface area contributed by atoms with Gasteiger partial charge in [0.1, 0.15) is 0 Å². The molecule has 0 amide bonds. The summed E-state index contributed by atoms with van der Waals surface area (Å²) >= 11 is 0. The molecule has 0 spiro atoms. The van der Waals surface area contributed by atoms with Crippen LogP contribution in [0.5, 0.6) is 5.75 Å². The highest BCUT2D eigenvalue weighted by Crippen LogP contribution is 2.62. The van der Waals surface area contributed by atoms with E-state index in [1.54, 1.807) is 0 Å². The van der Waals surface area contributed by atoms with Crippen LogP contribution in [0.4, 0.5) is 0 Å². The Morgan fingerprint density at radius 1 is 0.419 bits per heavy atom. The minimum atomic E-state index is -0.0140. The minimum Gasteiger partial charge on any atom is -0.872 e. The summed E-state index contributed by atoms with van der Waals surface area (Å²) in [5.74, 6) is 11.6. The van der Waals surface area contributed by atoms with E-state index < -0.39 is 0 Å². The van der Waals surface area contributed by atoms with Crippen molar-refractivity contribution in [2.75, 3.05) is 0 Å². The Balaban J connectivity index is 1.04. The van der Waals surface area contributed by atoms with Gasteiger partial charge in [-0.3, -0.25) is 0 Å². The maximum atomic E-state index is 15.3. The van der Waals surface area contributed by atoms with Crippen molar-refractivity contribution in [1.29, 1.82) is 0 Å². The molecule has 0 unspecified atom stereocenters. The Morgan fingerprint density at radius 2 is 0.757 bits per heavy atom. The summed E-state index contributed by atoms with van der Waals surface area (Å²) in [6, 6.07) is 55.3. The van der Waals surface area contributed by atoms with Crippen LogP contribution >= 0.6 is 0 Å². The first-order valence-corrected chi connectivity index (χ1v) is 28.5. The van der Waals surface area contributed by atoms with Crippen molar-refractivity contribution in [1.82, 2.24) is 0 Å². The SMILES string of the molecule is CC#Cc1ccc(-c2cc(-[n+]3c(-c4ccc(C56CC7CC(CC(C7)C5)C6)cc4)cc(-c4ccc(C(C)(C)C)cc4)cc3-c3ccc(C45CC6CC(CC(C6)C4)C5)cc3)cc(-c3ccc(C(C)(C)C)cc3)c2[O-])cc1. The summed E-state index contributed by atoms with van der Waals surface area (Å²) in [7, 11) is 0. The van der Waals surface area contributed by atoms with Gasteiger partial charge in [-0.15, -0.1) is 5.92 Å². The van der Waals surface area contributed by atoms with Crippen molar-refractivity contribution in [3.63, 3.8) is 0 Å². The van der Waals surface area contributed by atoms with Crippen molar-refractivity contribution < 1.29 is 9.67 Å². The standard InChI is InChI=1S/C72H75NO/c1-8-9-46-10-12-54(13-11-46)64-38-63(39-65(68(64)74)55-16-24-60(25-17-55)70(5,6)7)73-66(56-18-26-61(27-19-56)71-40-47-30-48(41-71)32-49(31-47)42-71)36-58(53-14-22-59(23-15-53)69(2,3)4)37-67(73)57-20-28-62(29-21-57)72-43-50-33-51(44-72)35-52(34-50)45-72/h10-29,36-39,47-52H,30-35,40-45H2,1-7H3. The van der Waals surface area contributed by atoms with Gasteiger partial charge in [0, 0.05) is 41.0 Å². The molecule has 15 rings (SSSR count). The number of hydrogen-bond acceptors (Lipinski definition) is 1. The molecule has 8 aliphatic carbocycles. The molecule has 6 aromatic carbocycles. The molecule has 374 valence electrons. The van der Waals surface area contributed by atoms with Crippen LogP contribution in [0.2, 0.25) is 0 Å². The molecule has 0 saturated heterocycles. The molecule has 0 aliphatic heterocycles. The molecule has 0 radical (unpaired) electrons. The van der Waals surface area contributed by atoms with Crippen LogP contribution in [-0.4, -0.2) is 0 Å². The van der Waals surface area contributed by atoms with E-state index in [1.807, 2.05) is 6.92 Å². The lowest BCUT2D eigenvalue weighted by molar-refractivity contribution is -0.572. The van der Waals surface area contributed by atoms with E-state index in [1.165, 1.54) is 122 Å². The molecule has 2 nitrogen and oxygen atoms in total. The van der Waals surface area contributed by atoms with E-state index in [4.69, 9.17) is 0 Å². The monoisotopic (exact) mass is 970 g/mol. The van der Waals surface area contributed by atoms with Crippen molar-refractivity contribution in [3.8, 4) is 79.2 Å². The number of hydrogen-bond donors (Lipinski definition) is 0. The fourth-order valence-corrected chi connectivity index (χ4v) is 16.7. The Bertz CT molecular complexity index is 3150. The first-order valence-electron chi connectivity index (χ1n) is 28.5. The third-order valence-corrected chi connectivity index (χ3v) is 19.7. The summed E-state index contributed by atoms with van der Waals surface area (Å²) in [5.41, 5.74) is 18.4. The summed E-state index contributed by atoms with van der Waals surface area (Å²) in [6.45, 7) is 15.5. The second kappa shape index (κ2) is 17.7. The number of pyridine rings is 1. The summed E-state index contributed by atoms with van der Waals surface area (Å²) in [5, 5.41) is 15.3. The van der Waals surface area contributed by atoms with Gasteiger partial charge in [-0.2, -0.15) is 4.57 Å². The summed E-state index contributed by atoms with van der Waals surface area (Å²) in [6.07, 6.45) is 16.7. The lowest BCUT2D eigenvalue weighted by Crippen LogP contribution is -2.48. The zero-order valence-electron chi connectivity index (χ0n) is 45.2. The first-order chi connectivity index (χ1) is 35.6. The highest BCUT2D eigenvalue weighted by molar-refractivity contribution is 5.84. The highest BCUT2D eigenvalue weighted by Gasteiger charge is 2.53. The Kier molecular flexibility index (Phi) is 11.4. The smallest absolute Gasteiger partial charge is 0.219 e. The zero-order chi connectivity index (χ0) is 50.7. The van der Waals surface area contributed by atoms with E-state index in [9.17, 15) is 0 Å². The number of aromatic nitrogens is 1. The molecule has 8 bridgehead atoms. The average Bonchev–Trinajstić information content (AvgIpc) is 3.39. The predicted molar refractivity (Wildman–Crippen MR) is 304 cm³/mol. The van der Waals surface area contributed by atoms with Crippen molar-refractivity contribution >= 4 is 0 Å². The first kappa shape index (κ1) is 47.5. The highest BCUT2D eigenvalue weighted by atomic mass is 16.3. The molecule has 8 saturated carbocycles. The summed E-state index contributed by atoms with van der Waals surface area (Å²) in [4.78, 5) is 0. The van der Waals surface area contributed by atoms with E-state index >= 15 is 5.11 Å². The van der Waals surface area contributed by atoms with Gasteiger partial charge in [-0.05, 0) is 233 Å². The van der Waals surface area contributed by atoms with E-state index in [0.717, 1.165) is 69.3 Å². The normalized spacial score (nSPS) is 26.5. The maximum absolute atomic E-state index is 15.3. The van der Waals surface area contributed by atoms with E-state index in [2.05, 4.69) is 204 Å². The second-order valence-electron chi connectivity index (χ2n) is 26.9. The van der Waals surface area contributed by atoms with Crippen LogP contribution in [0, 0.1) is 47.3 Å². The Labute approximate surface area is 442 Å². The van der Waals surface area contributed by atoms with Crippen LogP contribution in [0.15, 0.2) is 146 Å². The molecule has 1 aromatic heterocycles. The average molecular weight is 970 g/mol. The molecule has 8 fully saturated rings. The fourth-order valence-electron chi connectivity index (χ4n) is 16.7. The molecule has 0 atom stereocenters. The van der Waals surface area contributed by atoms with Crippen LogP contribution in [0.1, 0.15) is 153 Å². The quantitative estimate of drug-likeness (QED) is 0.110. The molecule has 7 aromatic rings. The molecular weight excluding hydrogens is 895 g/mol. The molecule has 2 heteroatoms. The van der Waals surface area contributed by atoms with Crippen molar-refractivity contribution in [2.24, 2.45) is 35.5 Å². The van der Waals surface area contributed by atoms with Crippen LogP contribution in [0.25, 0.3) is 61.6 Å². The number of nitrogens with zero attached hydrogens (tertiary/aromatic N) is 1. The zero-order valence-corrected chi connectivity index (χ0v) is 45.2. The molecule has 74 heavy (non-hydrogen) atoms. The van der Waals surface area contributed by atoms with E-state index in [0.29, 0.717) is 22.0 Å². The summed E-state index contributed by atoms with van der Waals surface area (Å²) < 4.78 is 2.50. The maximum Gasteiger partial charge on any atom is 0.219 e. The minimum absolute atomic E-state index is 0.0140. The lowest BCUT2D eigenvalue weighted by Gasteiger charge is -2.57. The topological polar surface area (TPSA) is 26.9 Å². The largest absolute Gasteiger partial charge is 0.872 e. The molecule has 8 aliphatic rings. The van der Waals surface area contributed by atoms with Gasteiger partial charge in [-0.25, -0.2) is 0 Å². The van der Waals surface area contributed by atoms with Gasteiger partial charge >= 0.3 is 0 Å². The Morgan fingerprint density at radius 3 is 1.11 bits per heavy atom. The third-order valence-electron chi connectivity index (χ3n) is 19.7. The van der Waals surface area contributed by atoms with Crippen molar-refractivity contribution in [2.45, 2.75) is 147 Å². The van der Waals surface area contributed by atoms with Gasteiger partial charge in [0.2, 0.25) is 17.1 Å².